The Morgan fingerprint density at radius 3 is 2.44 bits per heavy atom. The molecule has 41 heavy (non-hydrogen) atoms. The highest BCUT2D eigenvalue weighted by Gasteiger charge is 2.39. The molecule has 4 amide bonds. The van der Waals surface area contributed by atoms with E-state index in [1.807, 2.05) is 36.4 Å². The molecule has 11 nitrogen and oxygen atoms in total. The molecule has 12 heteroatoms. The largest absolute Gasteiger partial charge is 0.448 e. The number of benzene rings is 2. The van der Waals surface area contributed by atoms with Crippen molar-refractivity contribution >= 4 is 46.6 Å². The Kier molecular flexibility index (Phi) is 10.1. The van der Waals surface area contributed by atoms with Gasteiger partial charge in [0.1, 0.15) is 17.9 Å². The molecule has 212 valence electrons. The predicted octanol–water partition coefficient (Wildman–Crippen LogP) is 4.66. The lowest BCUT2D eigenvalue weighted by Gasteiger charge is -2.16. The van der Waals surface area contributed by atoms with E-state index in [4.69, 9.17) is 9.47 Å². The predicted molar refractivity (Wildman–Crippen MR) is 154 cm³/mol. The topological polar surface area (TPSA) is 139 Å². The second-order valence-electron chi connectivity index (χ2n) is 8.92. The number of aliphatic imine (C=N–C) groups is 1. The van der Waals surface area contributed by atoms with Crippen molar-refractivity contribution < 1.29 is 28.7 Å². The van der Waals surface area contributed by atoms with Gasteiger partial charge in [0.25, 0.3) is 0 Å². The van der Waals surface area contributed by atoms with E-state index in [0.717, 1.165) is 22.9 Å². The third kappa shape index (κ3) is 8.15. The van der Waals surface area contributed by atoms with E-state index in [1.165, 1.54) is 4.90 Å². The highest BCUT2D eigenvalue weighted by Crippen LogP contribution is 2.40. The van der Waals surface area contributed by atoms with Crippen LogP contribution in [0.1, 0.15) is 35.8 Å². The molecule has 0 aliphatic carbocycles. The van der Waals surface area contributed by atoms with Crippen LogP contribution in [0.15, 0.2) is 84.1 Å². The molecule has 4 rings (SSSR count). The summed E-state index contributed by atoms with van der Waals surface area (Å²) in [5.74, 6) is -0.683. The fourth-order valence-electron chi connectivity index (χ4n) is 3.81. The number of nitrogens with zero attached hydrogens (tertiary/aromatic N) is 3. The van der Waals surface area contributed by atoms with Crippen molar-refractivity contribution in [2.45, 2.75) is 38.3 Å². The van der Waals surface area contributed by atoms with Gasteiger partial charge in [0.15, 0.2) is 5.17 Å². The number of hydrogen-bond acceptors (Lipinski definition) is 8. The Morgan fingerprint density at radius 2 is 1.76 bits per heavy atom. The number of thioether (sulfide) groups is 1. The van der Waals surface area contributed by atoms with Crippen LogP contribution in [0.25, 0.3) is 0 Å². The number of hydrogen-bond donors (Lipinski definition) is 2. The van der Waals surface area contributed by atoms with E-state index in [0.29, 0.717) is 11.3 Å². The maximum absolute atomic E-state index is 13.4. The maximum Gasteiger partial charge on any atom is 0.436 e. The van der Waals surface area contributed by atoms with Crippen LogP contribution in [0, 0.1) is 0 Å². The lowest BCUT2D eigenvalue weighted by Crippen LogP contribution is -2.41. The normalized spacial score (nSPS) is 16.2. The average Bonchev–Trinajstić information content (AvgIpc) is 3.27. The number of ether oxygens (including phenoxy) is 2. The van der Waals surface area contributed by atoms with Crippen molar-refractivity contribution in [3.63, 3.8) is 0 Å². The van der Waals surface area contributed by atoms with E-state index in [1.54, 1.807) is 56.6 Å². The van der Waals surface area contributed by atoms with Gasteiger partial charge in [0, 0.05) is 18.1 Å². The lowest BCUT2D eigenvalue weighted by atomic mass is 10.1. The second kappa shape index (κ2) is 14.1. The zero-order valence-corrected chi connectivity index (χ0v) is 23.3. The van der Waals surface area contributed by atoms with Crippen LogP contribution < -0.4 is 10.6 Å². The molecule has 0 saturated carbocycles. The van der Waals surface area contributed by atoms with Gasteiger partial charge < -0.3 is 20.1 Å². The SMILES string of the molecule is CCOC(=O)/N=C1\SC(c2ccc(NC(=O)[C@H](C)NC(=O)OCc3ccccc3)cc2)C(=O)N1Cc1cccnc1. The number of amides is 4. The van der Waals surface area contributed by atoms with E-state index < -0.39 is 29.4 Å². The van der Waals surface area contributed by atoms with Crippen LogP contribution in [-0.4, -0.2) is 51.7 Å². The highest BCUT2D eigenvalue weighted by molar-refractivity contribution is 8.15. The number of rotatable bonds is 9. The minimum atomic E-state index is -0.854. The first-order valence-electron chi connectivity index (χ1n) is 12.8. The Morgan fingerprint density at radius 1 is 1.02 bits per heavy atom. The quantitative estimate of drug-likeness (QED) is 0.376. The summed E-state index contributed by atoms with van der Waals surface area (Å²) >= 11 is 1.14. The van der Waals surface area contributed by atoms with Crippen molar-refractivity contribution in [3.8, 4) is 0 Å². The van der Waals surface area contributed by atoms with Gasteiger partial charge in [-0.05, 0) is 48.7 Å². The molecule has 1 aliphatic heterocycles. The summed E-state index contributed by atoms with van der Waals surface area (Å²) in [6.07, 6.45) is 1.79. The molecular formula is C29H29N5O6S. The molecule has 1 aliphatic rings. The number of pyridine rings is 1. The molecule has 1 unspecified atom stereocenters. The summed E-state index contributed by atoms with van der Waals surface area (Å²) in [7, 11) is 0. The van der Waals surface area contributed by atoms with Gasteiger partial charge >= 0.3 is 12.2 Å². The molecule has 2 N–H and O–H groups in total. The first-order chi connectivity index (χ1) is 19.8. The van der Waals surface area contributed by atoms with Crippen LogP contribution in [-0.2, 0) is 32.2 Å². The monoisotopic (exact) mass is 575 g/mol. The minimum absolute atomic E-state index is 0.0895. The fraction of sp³-hybridized carbons (Fsp3) is 0.241. The van der Waals surface area contributed by atoms with Gasteiger partial charge in [-0.25, -0.2) is 9.59 Å². The first kappa shape index (κ1) is 29.3. The van der Waals surface area contributed by atoms with Crippen molar-refractivity contribution in [2.75, 3.05) is 11.9 Å². The smallest absolute Gasteiger partial charge is 0.436 e. The molecule has 2 aromatic carbocycles. The summed E-state index contributed by atoms with van der Waals surface area (Å²) in [5.41, 5.74) is 2.76. The Labute approximate surface area is 241 Å². The second-order valence-corrected chi connectivity index (χ2v) is 9.99. The van der Waals surface area contributed by atoms with Crippen LogP contribution in [0.3, 0.4) is 0 Å². The Balaban J connectivity index is 1.37. The maximum atomic E-state index is 13.4. The molecule has 0 bridgehead atoms. The minimum Gasteiger partial charge on any atom is -0.448 e. The Bertz CT molecular complexity index is 1400. The molecule has 1 fully saturated rings. The summed E-state index contributed by atoms with van der Waals surface area (Å²) in [6.45, 7) is 3.67. The third-order valence-corrected chi connectivity index (χ3v) is 7.12. The highest BCUT2D eigenvalue weighted by atomic mass is 32.2. The van der Waals surface area contributed by atoms with Gasteiger partial charge in [0.05, 0.1) is 13.2 Å². The van der Waals surface area contributed by atoms with Crippen LogP contribution in [0.4, 0.5) is 15.3 Å². The number of nitrogens with one attached hydrogen (secondary N) is 2. The van der Waals surface area contributed by atoms with Crippen LogP contribution in [0.2, 0.25) is 0 Å². The molecule has 0 radical (unpaired) electrons. The van der Waals surface area contributed by atoms with Crippen LogP contribution in [0.5, 0.6) is 0 Å². The van der Waals surface area contributed by atoms with Gasteiger partial charge in [-0.15, -0.1) is 0 Å². The molecule has 2 heterocycles. The van der Waals surface area contributed by atoms with Gasteiger partial charge in [-0.2, -0.15) is 4.99 Å². The Hall–Kier alpha value is -4.71. The van der Waals surface area contributed by atoms with E-state index in [9.17, 15) is 19.2 Å². The number of aromatic nitrogens is 1. The van der Waals surface area contributed by atoms with Gasteiger partial charge in [-0.3, -0.25) is 19.5 Å². The molecule has 0 spiro atoms. The van der Waals surface area contributed by atoms with E-state index in [2.05, 4.69) is 20.6 Å². The lowest BCUT2D eigenvalue weighted by molar-refractivity contribution is -0.126. The molecule has 1 aromatic heterocycles. The van der Waals surface area contributed by atoms with Gasteiger partial charge in [-0.1, -0.05) is 60.3 Å². The summed E-state index contributed by atoms with van der Waals surface area (Å²) in [5, 5.41) is 4.83. The molecular weight excluding hydrogens is 546 g/mol. The number of alkyl carbamates (subject to hydrolysis) is 1. The molecule has 1 saturated heterocycles. The molecule has 2 atom stereocenters. The van der Waals surface area contributed by atoms with Crippen molar-refractivity contribution in [1.29, 1.82) is 0 Å². The van der Waals surface area contributed by atoms with Gasteiger partial charge in [0.2, 0.25) is 11.8 Å². The summed E-state index contributed by atoms with van der Waals surface area (Å²) in [6, 6.07) is 18.7. The number of carbonyl (C=O) groups excluding carboxylic acids is 4. The number of amidine groups is 1. The first-order valence-corrected chi connectivity index (χ1v) is 13.7. The molecule has 3 aromatic rings. The van der Waals surface area contributed by atoms with Crippen molar-refractivity contribution in [3.05, 3.63) is 95.8 Å². The average molecular weight is 576 g/mol. The summed E-state index contributed by atoms with van der Waals surface area (Å²) in [4.78, 5) is 59.7. The number of carbonyl (C=O) groups is 4. The van der Waals surface area contributed by atoms with E-state index in [-0.39, 0.29) is 30.8 Å². The fourth-order valence-corrected chi connectivity index (χ4v) is 4.95. The van der Waals surface area contributed by atoms with E-state index >= 15 is 0 Å². The standard InChI is InChI=1S/C29H29N5O6S/c1-3-39-29(38)33-27-34(17-21-10-7-15-30-16-21)26(36)24(41-27)22-11-13-23(14-12-22)32-25(35)19(2)31-28(37)40-18-20-8-5-4-6-9-20/h4-16,19,24H,3,17-18H2,1-2H3,(H,31,37)(H,32,35)/b33-27-/t19-,24?/m0/s1. The number of anilines is 1. The zero-order valence-electron chi connectivity index (χ0n) is 22.5. The summed E-state index contributed by atoms with van der Waals surface area (Å²) < 4.78 is 10.1. The third-order valence-electron chi connectivity index (χ3n) is 5.88. The van der Waals surface area contributed by atoms with Crippen LogP contribution >= 0.6 is 11.8 Å². The van der Waals surface area contributed by atoms with Crippen molar-refractivity contribution in [1.82, 2.24) is 15.2 Å². The zero-order chi connectivity index (χ0) is 29.2. The van der Waals surface area contributed by atoms with Crippen molar-refractivity contribution in [2.24, 2.45) is 4.99 Å².